The van der Waals surface area contributed by atoms with E-state index in [1.807, 2.05) is 12.1 Å². The predicted octanol–water partition coefficient (Wildman–Crippen LogP) is 1.04. The quantitative estimate of drug-likeness (QED) is 0.682. The van der Waals surface area contributed by atoms with Crippen LogP contribution < -0.4 is 10.2 Å². The largest absolute Gasteiger partial charge is 0.365 e. The Morgan fingerprint density at radius 1 is 1.46 bits per heavy atom. The van der Waals surface area contributed by atoms with Crippen LogP contribution in [0.25, 0.3) is 0 Å². The van der Waals surface area contributed by atoms with Crippen LogP contribution >= 0.6 is 0 Å². The van der Waals surface area contributed by atoms with Crippen LogP contribution in [0.15, 0.2) is 24.3 Å². The maximum absolute atomic E-state index is 3.50. The fourth-order valence-corrected chi connectivity index (χ4v) is 2.42. The number of anilines is 1. The molecule has 1 aromatic rings. The molecule has 67 valence electrons. The number of benzene rings is 1. The van der Waals surface area contributed by atoms with Crippen molar-refractivity contribution in [1.29, 1.82) is 0 Å². The number of nitrogens with zero attached hydrogens (tertiary/aromatic N) is 1. The van der Waals surface area contributed by atoms with E-state index in [1.165, 1.54) is 12.1 Å². The first kappa shape index (κ1) is 7.39. The zero-order valence-corrected chi connectivity index (χ0v) is 7.53. The number of hydrogen-bond donors (Lipinski definition) is 1. The summed E-state index contributed by atoms with van der Waals surface area (Å²) in [5.74, 6) is 0. The van der Waals surface area contributed by atoms with Gasteiger partial charge in [0.05, 0.1) is 0 Å². The molecular formula is C11H13N2. The molecule has 1 N–H and O–H groups in total. The van der Waals surface area contributed by atoms with Crippen LogP contribution in [0.2, 0.25) is 0 Å². The van der Waals surface area contributed by atoms with Gasteiger partial charge >= 0.3 is 0 Å². The lowest BCUT2D eigenvalue weighted by Crippen LogP contribution is -2.43. The average molecular weight is 173 g/mol. The average Bonchev–Trinajstić information content (AvgIpc) is 2.80. The topological polar surface area (TPSA) is 15.3 Å². The van der Waals surface area contributed by atoms with E-state index in [2.05, 4.69) is 28.4 Å². The molecule has 0 aromatic heterocycles. The van der Waals surface area contributed by atoms with Crippen LogP contribution in [-0.4, -0.2) is 25.2 Å². The highest BCUT2D eigenvalue weighted by Gasteiger charge is 2.37. The van der Waals surface area contributed by atoms with Crippen molar-refractivity contribution in [1.82, 2.24) is 5.32 Å². The van der Waals surface area contributed by atoms with Crippen LogP contribution in [0, 0.1) is 6.07 Å². The van der Waals surface area contributed by atoms with Gasteiger partial charge in [-0.05, 0) is 12.5 Å². The first-order valence-corrected chi connectivity index (χ1v) is 4.90. The summed E-state index contributed by atoms with van der Waals surface area (Å²) in [7, 11) is 0. The van der Waals surface area contributed by atoms with E-state index in [0.717, 1.165) is 19.1 Å². The van der Waals surface area contributed by atoms with E-state index in [4.69, 9.17) is 0 Å². The molecule has 2 heteroatoms. The first-order chi connectivity index (χ1) is 6.43. The van der Waals surface area contributed by atoms with Crippen LogP contribution in [0.5, 0.6) is 0 Å². The second-order valence-corrected chi connectivity index (χ2v) is 3.89. The molecule has 13 heavy (non-hydrogen) atoms. The van der Waals surface area contributed by atoms with Crippen molar-refractivity contribution in [3.8, 4) is 0 Å². The lowest BCUT2D eigenvalue weighted by Gasteiger charge is -2.29. The number of fused-ring (bicyclic) bond motifs is 2. The normalized spacial score (nSPS) is 31.2. The van der Waals surface area contributed by atoms with Crippen molar-refractivity contribution in [2.45, 2.75) is 18.5 Å². The molecule has 0 saturated carbocycles. The van der Waals surface area contributed by atoms with E-state index in [9.17, 15) is 0 Å². The minimum atomic E-state index is 0.712. The van der Waals surface area contributed by atoms with Gasteiger partial charge in [-0.1, -0.05) is 18.2 Å². The smallest absolute Gasteiger partial charge is 0.0450 e. The molecule has 0 aliphatic carbocycles. The maximum Gasteiger partial charge on any atom is 0.0450 e. The Balaban J connectivity index is 1.87. The van der Waals surface area contributed by atoms with Gasteiger partial charge in [0.15, 0.2) is 0 Å². The van der Waals surface area contributed by atoms with E-state index < -0.39 is 0 Å². The monoisotopic (exact) mass is 173 g/mol. The van der Waals surface area contributed by atoms with E-state index in [0.29, 0.717) is 6.04 Å². The molecule has 2 saturated heterocycles. The van der Waals surface area contributed by atoms with Gasteiger partial charge in [-0.25, -0.2) is 0 Å². The van der Waals surface area contributed by atoms with Gasteiger partial charge in [0.1, 0.15) is 0 Å². The van der Waals surface area contributed by atoms with Crippen molar-refractivity contribution < 1.29 is 0 Å². The van der Waals surface area contributed by atoms with Crippen molar-refractivity contribution in [3.05, 3.63) is 30.3 Å². The summed E-state index contributed by atoms with van der Waals surface area (Å²) in [5.41, 5.74) is 1.26. The fraction of sp³-hybridized carbons (Fsp3) is 0.455. The summed E-state index contributed by atoms with van der Waals surface area (Å²) in [6.07, 6.45) is 1.31. The highest BCUT2D eigenvalue weighted by Crippen LogP contribution is 2.28. The lowest BCUT2D eigenvalue weighted by atomic mass is 10.2. The minimum Gasteiger partial charge on any atom is -0.365 e. The zero-order chi connectivity index (χ0) is 8.67. The Kier molecular flexibility index (Phi) is 1.56. The molecule has 2 nitrogen and oxygen atoms in total. The molecule has 2 atom stereocenters. The number of para-hydroxylation sites is 1. The molecule has 0 spiro atoms. The molecule has 2 fully saturated rings. The van der Waals surface area contributed by atoms with Gasteiger partial charge in [-0.3, -0.25) is 0 Å². The number of piperazine rings is 1. The van der Waals surface area contributed by atoms with E-state index in [1.54, 1.807) is 0 Å². The zero-order valence-electron chi connectivity index (χ0n) is 7.53. The molecular weight excluding hydrogens is 160 g/mol. The van der Waals surface area contributed by atoms with E-state index in [-0.39, 0.29) is 0 Å². The third-order valence-electron chi connectivity index (χ3n) is 3.06. The Hall–Kier alpha value is -1.02. The van der Waals surface area contributed by atoms with Crippen molar-refractivity contribution in [2.75, 3.05) is 18.0 Å². The molecule has 2 aliphatic heterocycles. The third kappa shape index (κ3) is 1.13. The van der Waals surface area contributed by atoms with Crippen LogP contribution in [0.4, 0.5) is 5.69 Å². The van der Waals surface area contributed by atoms with Gasteiger partial charge in [-0.2, -0.15) is 0 Å². The van der Waals surface area contributed by atoms with Gasteiger partial charge < -0.3 is 10.2 Å². The molecule has 3 rings (SSSR count). The highest BCUT2D eigenvalue weighted by atomic mass is 15.3. The molecule has 1 radical (unpaired) electrons. The summed E-state index contributed by atoms with van der Waals surface area (Å²) < 4.78 is 0. The summed E-state index contributed by atoms with van der Waals surface area (Å²) in [6, 6.07) is 13.0. The SMILES string of the molecule is [c]1ccccc1N1CC2CC1CN2. The summed E-state index contributed by atoms with van der Waals surface area (Å²) in [4.78, 5) is 2.47. The van der Waals surface area contributed by atoms with Crippen molar-refractivity contribution in [3.63, 3.8) is 0 Å². The molecule has 1 aromatic carbocycles. The Morgan fingerprint density at radius 3 is 3.08 bits per heavy atom. The Morgan fingerprint density at radius 2 is 2.46 bits per heavy atom. The number of hydrogen-bond acceptors (Lipinski definition) is 2. The van der Waals surface area contributed by atoms with Crippen molar-refractivity contribution >= 4 is 5.69 Å². The summed E-state index contributed by atoms with van der Waals surface area (Å²) in [5, 5.41) is 3.50. The van der Waals surface area contributed by atoms with Gasteiger partial charge in [0.25, 0.3) is 0 Å². The Bertz CT molecular complexity index is 296. The molecule has 0 amide bonds. The molecule has 2 aliphatic rings. The fourth-order valence-electron chi connectivity index (χ4n) is 2.42. The molecule has 2 unspecified atom stereocenters. The summed E-state index contributed by atoms with van der Waals surface area (Å²) >= 11 is 0. The minimum absolute atomic E-state index is 0.712. The van der Waals surface area contributed by atoms with Gasteiger partial charge in [-0.15, -0.1) is 0 Å². The van der Waals surface area contributed by atoms with Crippen molar-refractivity contribution in [2.24, 2.45) is 0 Å². The van der Waals surface area contributed by atoms with Crippen LogP contribution in [-0.2, 0) is 0 Å². The second-order valence-electron chi connectivity index (χ2n) is 3.89. The highest BCUT2D eigenvalue weighted by molar-refractivity contribution is 5.48. The molecule has 2 heterocycles. The number of nitrogens with one attached hydrogen (secondary N) is 1. The maximum atomic E-state index is 3.50. The van der Waals surface area contributed by atoms with E-state index >= 15 is 0 Å². The van der Waals surface area contributed by atoms with Gasteiger partial charge in [0, 0.05) is 36.9 Å². The molecule has 2 bridgehead atoms. The standard InChI is InChI=1S/C11H13N2/c1-2-4-10(5-3-1)13-8-9-6-11(13)7-12-9/h1-4,9,11-12H,6-8H2. The second kappa shape index (κ2) is 2.74. The predicted molar refractivity (Wildman–Crippen MR) is 52.8 cm³/mol. The van der Waals surface area contributed by atoms with Crippen LogP contribution in [0.1, 0.15) is 6.42 Å². The van der Waals surface area contributed by atoms with Crippen LogP contribution in [0.3, 0.4) is 0 Å². The third-order valence-corrected chi connectivity index (χ3v) is 3.06. The summed E-state index contributed by atoms with van der Waals surface area (Å²) in [6.45, 7) is 2.30. The first-order valence-electron chi connectivity index (χ1n) is 4.90. The number of rotatable bonds is 1. The van der Waals surface area contributed by atoms with Gasteiger partial charge in [0.2, 0.25) is 0 Å². The lowest BCUT2D eigenvalue weighted by molar-refractivity contribution is 0.580. The Labute approximate surface area is 78.6 Å².